The number of aryl methyl sites for hydroxylation is 1. The topological polar surface area (TPSA) is 241 Å². The molecule has 4 rings (SSSR count). The number of piperazine rings is 1. The molecule has 2 saturated heterocycles. The quantitative estimate of drug-likeness (QED) is 0.161. The number of nitrogens with zero attached hydrogens (tertiary/aromatic N) is 4. The van der Waals surface area contributed by atoms with E-state index in [1.807, 2.05) is 4.90 Å². The maximum Gasteiger partial charge on any atom is 0.404 e. The lowest BCUT2D eigenvalue weighted by Gasteiger charge is -2.44. The number of carbonyl (C=O) groups is 2. The Morgan fingerprint density at radius 3 is 2.27 bits per heavy atom. The number of fused-ring (bicyclic) bond motifs is 1. The molecule has 252 valence electrons. The number of hydrogen-bond acceptors (Lipinski definition) is 12. The Hall–Kier alpha value is -2.91. The van der Waals surface area contributed by atoms with Crippen molar-refractivity contribution >= 4 is 43.9 Å². The minimum absolute atomic E-state index is 0.00359. The van der Waals surface area contributed by atoms with E-state index in [0.29, 0.717) is 50.4 Å². The number of carbonyl (C=O) groups excluding carboxylic acids is 1. The maximum absolute atomic E-state index is 15.4. The number of anilines is 2. The van der Waals surface area contributed by atoms with E-state index < -0.39 is 44.0 Å². The molecule has 3 heterocycles. The number of amides is 2. The number of ether oxygens (including phenoxy) is 1. The summed E-state index contributed by atoms with van der Waals surface area (Å²) in [5.41, 5.74) is 5.16. The Kier molecular flexibility index (Phi) is 14.4. The average Bonchev–Trinajstić information content (AvgIpc) is 3.42. The summed E-state index contributed by atoms with van der Waals surface area (Å²) in [6, 6.07) is 0.186. The number of hydrazine groups is 1. The number of carboxylic acid groups (broad SMARTS) is 1. The van der Waals surface area contributed by atoms with Crippen LogP contribution in [0.4, 0.5) is 20.8 Å². The first-order valence-corrected chi connectivity index (χ1v) is 17.6. The van der Waals surface area contributed by atoms with Crippen LogP contribution in [0.2, 0.25) is 0 Å². The summed E-state index contributed by atoms with van der Waals surface area (Å²) in [7, 11) is -7.33. The van der Waals surface area contributed by atoms with Crippen molar-refractivity contribution in [1.29, 1.82) is 0 Å². The number of hydrogen-bond donors (Lipinski definition) is 6. The second kappa shape index (κ2) is 17.0. The summed E-state index contributed by atoms with van der Waals surface area (Å²) in [5.74, 6) is -0.730. The van der Waals surface area contributed by atoms with Gasteiger partial charge >= 0.3 is 6.09 Å². The molecule has 44 heavy (non-hydrogen) atoms. The Morgan fingerprint density at radius 2 is 1.68 bits per heavy atom. The van der Waals surface area contributed by atoms with Crippen molar-refractivity contribution in [3.63, 3.8) is 0 Å². The molecule has 2 aliphatic heterocycles. The number of morpholine rings is 1. The van der Waals surface area contributed by atoms with E-state index in [4.69, 9.17) is 18.9 Å². The summed E-state index contributed by atoms with van der Waals surface area (Å²) in [5, 5.41) is 11.3. The van der Waals surface area contributed by atoms with Crippen molar-refractivity contribution in [3.8, 4) is 0 Å². The first kappa shape index (κ1) is 37.3. The molecule has 1 aromatic rings. The van der Waals surface area contributed by atoms with E-state index in [1.165, 1.54) is 0 Å². The lowest BCUT2D eigenvalue weighted by molar-refractivity contribution is -0.124. The van der Waals surface area contributed by atoms with E-state index in [-0.39, 0.29) is 24.2 Å². The predicted molar refractivity (Wildman–Crippen MR) is 158 cm³/mol. The van der Waals surface area contributed by atoms with Gasteiger partial charge in [0.25, 0.3) is 20.2 Å². The summed E-state index contributed by atoms with van der Waals surface area (Å²) in [4.78, 5) is 36.5. The molecule has 2 atom stereocenters. The second-order valence-electron chi connectivity index (χ2n) is 10.8. The molecule has 0 unspecified atom stereocenters. The fourth-order valence-corrected chi connectivity index (χ4v) is 5.14. The minimum Gasteiger partial charge on any atom is -0.465 e. The van der Waals surface area contributed by atoms with E-state index >= 15 is 4.39 Å². The van der Waals surface area contributed by atoms with Crippen LogP contribution in [-0.4, -0.2) is 122 Å². The van der Waals surface area contributed by atoms with Crippen LogP contribution in [0.15, 0.2) is 0 Å². The summed E-state index contributed by atoms with van der Waals surface area (Å²) in [6.07, 6.45) is 5.15. The van der Waals surface area contributed by atoms with Crippen LogP contribution in [0, 0.1) is 24.6 Å². The fourth-order valence-electron chi connectivity index (χ4n) is 5.14. The van der Waals surface area contributed by atoms with Gasteiger partial charge in [-0.25, -0.2) is 14.8 Å². The van der Waals surface area contributed by atoms with Gasteiger partial charge in [-0.15, -0.1) is 0 Å². The SMILES string of the molecule is CS(=O)(=O)O.CS(=O)(=O)O.Cc1nc(NNC(=O)[C@@H](CNC(=O)O)CC2CCCC2)c(F)c(N2CCN3CCOC[C@@H]3C2)n1. The molecular formula is C24H42FN7O10S2. The first-order valence-electron chi connectivity index (χ1n) is 13.9. The predicted octanol–water partition coefficient (Wildman–Crippen LogP) is 0.360. The number of halogens is 1. The Bertz CT molecular complexity index is 1280. The Morgan fingerprint density at radius 1 is 1.07 bits per heavy atom. The van der Waals surface area contributed by atoms with Crippen molar-refractivity contribution in [1.82, 2.24) is 25.6 Å². The third kappa shape index (κ3) is 14.7. The smallest absolute Gasteiger partial charge is 0.404 e. The number of nitrogens with one attached hydrogen (secondary N) is 3. The fraction of sp³-hybridized carbons (Fsp3) is 0.750. The molecule has 1 aliphatic carbocycles. The summed E-state index contributed by atoms with van der Waals surface area (Å²) < 4.78 is 72.7. The molecule has 0 bridgehead atoms. The molecule has 0 aromatic carbocycles. The van der Waals surface area contributed by atoms with Crippen LogP contribution in [0.5, 0.6) is 0 Å². The summed E-state index contributed by atoms with van der Waals surface area (Å²) >= 11 is 0. The Labute approximate surface area is 256 Å². The van der Waals surface area contributed by atoms with Gasteiger partial charge in [-0.05, 0) is 19.3 Å². The van der Waals surface area contributed by atoms with Crippen molar-refractivity contribution in [3.05, 3.63) is 11.6 Å². The summed E-state index contributed by atoms with van der Waals surface area (Å²) in [6.45, 7) is 5.92. The van der Waals surface area contributed by atoms with E-state index in [1.54, 1.807) is 6.92 Å². The molecule has 3 aliphatic rings. The zero-order valence-corrected chi connectivity index (χ0v) is 26.5. The first-order chi connectivity index (χ1) is 20.4. The molecule has 20 heteroatoms. The zero-order chi connectivity index (χ0) is 33.1. The van der Waals surface area contributed by atoms with Crippen LogP contribution < -0.4 is 21.1 Å². The van der Waals surface area contributed by atoms with Crippen molar-refractivity contribution in [2.24, 2.45) is 11.8 Å². The van der Waals surface area contributed by atoms with Crippen LogP contribution in [-0.2, 0) is 29.8 Å². The van der Waals surface area contributed by atoms with Crippen molar-refractivity contribution in [2.75, 3.05) is 68.8 Å². The van der Waals surface area contributed by atoms with Gasteiger partial charge in [0.15, 0.2) is 11.6 Å². The van der Waals surface area contributed by atoms with Gasteiger partial charge in [0, 0.05) is 32.7 Å². The van der Waals surface area contributed by atoms with E-state index in [9.17, 15) is 26.4 Å². The van der Waals surface area contributed by atoms with Gasteiger partial charge in [0.05, 0.1) is 37.7 Å². The molecule has 3 fully saturated rings. The largest absolute Gasteiger partial charge is 0.465 e. The Balaban J connectivity index is 0.000000586. The molecule has 2 amide bonds. The molecular weight excluding hydrogens is 629 g/mol. The molecule has 6 N–H and O–H groups in total. The van der Waals surface area contributed by atoms with Gasteiger partial charge < -0.3 is 20.1 Å². The molecule has 0 radical (unpaired) electrons. The van der Waals surface area contributed by atoms with Gasteiger partial charge in [0.1, 0.15) is 5.82 Å². The van der Waals surface area contributed by atoms with Crippen LogP contribution in [0.3, 0.4) is 0 Å². The lowest BCUT2D eigenvalue weighted by Crippen LogP contribution is -2.58. The van der Waals surface area contributed by atoms with Crippen molar-refractivity contribution in [2.45, 2.75) is 45.1 Å². The highest BCUT2D eigenvalue weighted by Crippen LogP contribution is 2.30. The second-order valence-corrected chi connectivity index (χ2v) is 13.7. The average molecular weight is 672 g/mol. The highest BCUT2D eigenvalue weighted by atomic mass is 32.2. The molecule has 1 aromatic heterocycles. The molecule has 0 spiro atoms. The highest BCUT2D eigenvalue weighted by Gasteiger charge is 2.32. The third-order valence-electron chi connectivity index (χ3n) is 6.95. The molecule has 1 saturated carbocycles. The highest BCUT2D eigenvalue weighted by molar-refractivity contribution is 7.85. The standard InChI is InChI=1S/C22H34FN7O4.2CH4O3S/c1-14-25-19(18(23)20(26-14)30-7-6-29-8-9-34-13-17(29)12-30)27-28-21(31)16(11-24-22(32)33)10-15-4-2-3-5-15;2*1-5(2,3)4/h15-17,24H,2-13H2,1H3,(H,28,31)(H,32,33)(H,25,26,27);2*1H3,(H,2,3,4)/t16-,17+;;/m1../s1. The van der Waals surface area contributed by atoms with E-state index in [2.05, 4.69) is 31.0 Å². The monoisotopic (exact) mass is 671 g/mol. The van der Waals surface area contributed by atoms with Crippen LogP contribution in [0.25, 0.3) is 0 Å². The van der Waals surface area contributed by atoms with Crippen LogP contribution >= 0.6 is 0 Å². The van der Waals surface area contributed by atoms with Crippen molar-refractivity contribution < 1.29 is 49.8 Å². The lowest BCUT2D eigenvalue weighted by atomic mass is 9.92. The number of aromatic nitrogens is 2. The van der Waals surface area contributed by atoms with E-state index in [0.717, 1.165) is 45.4 Å². The van der Waals surface area contributed by atoms with Gasteiger partial charge in [0.2, 0.25) is 11.7 Å². The molecule has 17 nitrogen and oxygen atoms in total. The normalized spacial score (nSPS) is 19.8. The van der Waals surface area contributed by atoms with Gasteiger partial charge in [-0.3, -0.25) is 29.7 Å². The third-order valence-corrected chi connectivity index (χ3v) is 6.95. The number of rotatable bonds is 8. The zero-order valence-electron chi connectivity index (χ0n) is 24.9. The van der Waals surface area contributed by atoms with Gasteiger partial charge in [-0.1, -0.05) is 25.7 Å². The maximum atomic E-state index is 15.4. The van der Waals surface area contributed by atoms with Crippen LogP contribution in [0.1, 0.15) is 37.9 Å². The van der Waals surface area contributed by atoms with Gasteiger partial charge in [-0.2, -0.15) is 21.2 Å². The minimum atomic E-state index is -3.67.